The summed E-state index contributed by atoms with van der Waals surface area (Å²) in [7, 11) is 0. The Morgan fingerprint density at radius 3 is 2.15 bits per heavy atom. The summed E-state index contributed by atoms with van der Waals surface area (Å²) >= 11 is 0. The number of benzene rings is 1. The molecule has 0 atom stereocenters. The normalized spacial score (nSPS) is 21.5. The molecular formula is C16H26N4. The first-order valence-corrected chi connectivity index (χ1v) is 7.86. The Hall–Kier alpha value is -1.26. The van der Waals surface area contributed by atoms with Crippen LogP contribution in [-0.4, -0.2) is 62.2 Å². The Morgan fingerprint density at radius 2 is 1.50 bits per heavy atom. The van der Waals surface area contributed by atoms with Crippen molar-refractivity contribution in [3.05, 3.63) is 24.3 Å². The van der Waals surface area contributed by atoms with E-state index in [1.807, 2.05) is 12.1 Å². The maximum atomic E-state index is 5.87. The first-order chi connectivity index (χ1) is 9.81. The highest BCUT2D eigenvalue weighted by Crippen LogP contribution is 2.19. The number of hydrogen-bond acceptors (Lipinski definition) is 4. The van der Waals surface area contributed by atoms with E-state index >= 15 is 0 Å². The minimum Gasteiger partial charge on any atom is -0.399 e. The fraction of sp³-hybridized carbons (Fsp3) is 0.625. The predicted octanol–water partition coefficient (Wildman–Crippen LogP) is 1.49. The molecule has 1 aromatic rings. The van der Waals surface area contributed by atoms with Crippen LogP contribution in [0.1, 0.15) is 12.8 Å². The third-order valence-electron chi connectivity index (χ3n) is 4.54. The van der Waals surface area contributed by atoms with E-state index in [0.29, 0.717) is 0 Å². The summed E-state index contributed by atoms with van der Waals surface area (Å²) in [6.45, 7) is 9.66. The van der Waals surface area contributed by atoms with Crippen molar-refractivity contribution in [1.82, 2.24) is 9.80 Å². The lowest BCUT2D eigenvalue weighted by Gasteiger charge is -2.36. The van der Waals surface area contributed by atoms with E-state index in [2.05, 4.69) is 26.8 Å². The second-order valence-electron chi connectivity index (χ2n) is 5.97. The number of hydrogen-bond donors (Lipinski definition) is 1. The van der Waals surface area contributed by atoms with Gasteiger partial charge in [-0.1, -0.05) is 6.07 Å². The van der Waals surface area contributed by atoms with Crippen LogP contribution in [0.5, 0.6) is 0 Å². The van der Waals surface area contributed by atoms with Gasteiger partial charge in [0.1, 0.15) is 0 Å². The summed E-state index contributed by atoms with van der Waals surface area (Å²) in [5, 5.41) is 0. The van der Waals surface area contributed by atoms with Gasteiger partial charge in [-0.05, 0) is 44.1 Å². The summed E-state index contributed by atoms with van der Waals surface area (Å²) in [6.07, 6.45) is 2.78. The number of nitrogens with zero attached hydrogens (tertiary/aromatic N) is 3. The number of nitrogen functional groups attached to an aromatic ring is 1. The van der Waals surface area contributed by atoms with Crippen LogP contribution in [-0.2, 0) is 0 Å². The van der Waals surface area contributed by atoms with Gasteiger partial charge < -0.3 is 15.5 Å². The van der Waals surface area contributed by atoms with Crippen LogP contribution >= 0.6 is 0 Å². The van der Waals surface area contributed by atoms with Gasteiger partial charge in [0.2, 0.25) is 0 Å². The lowest BCUT2D eigenvalue weighted by molar-refractivity contribution is 0.215. The predicted molar refractivity (Wildman–Crippen MR) is 85.2 cm³/mol. The molecule has 2 aliphatic rings. The zero-order valence-electron chi connectivity index (χ0n) is 12.3. The molecule has 1 aromatic carbocycles. The fourth-order valence-corrected chi connectivity index (χ4v) is 3.24. The molecule has 2 fully saturated rings. The molecule has 0 saturated carbocycles. The minimum absolute atomic E-state index is 0.860. The van der Waals surface area contributed by atoms with Crippen molar-refractivity contribution < 1.29 is 0 Å². The van der Waals surface area contributed by atoms with Crippen LogP contribution in [0.25, 0.3) is 0 Å². The molecule has 2 heterocycles. The van der Waals surface area contributed by atoms with Gasteiger partial charge in [-0.2, -0.15) is 0 Å². The molecule has 0 unspecified atom stereocenters. The number of rotatable bonds is 4. The summed E-state index contributed by atoms with van der Waals surface area (Å²) in [5.74, 6) is 0. The zero-order chi connectivity index (χ0) is 13.8. The Bertz CT molecular complexity index is 420. The van der Waals surface area contributed by atoms with Crippen molar-refractivity contribution in [2.24, 2.45) is 0 Å². The summed E-state index contributed by atoms with van der Waals surface area (Å²) < 4.78 is 0. The molecule has 110 valence electrons. The summed E-state index contributed by atoms with van der Waals surface area (Å²) in [4.78, 5) is 7.65. The summed E-state index contributed by atoms with van der Waals surface area (Å²) in [5.41, 5.74) is 8.00. The average molecular weight is 274 g/mol. The number of anilines is 2. The van der Waals surface area contributed by atoms with Gasteiger partial charge in [0.05, 0.1) is 0 Å². The molecule has 0 amide bonds. The van der Waals surface area contributed by atoms with Crippen LogP contribution < -0.4 is 10.6 Å². The molecule has 4 nitrogen and oxygen atoms in total. The Kier molecular flexibility index (Phi) is 4.43. The largest absolute Gasteiger partial charge is 0.399 e. The van der Waals surface area contributed by atoms with Gasteiger partial charge >= 0.3 is 0 Å². The third-order valence-corrected chi connectivity index (χ3v) is 4.54. The molecular weight excluding hydrogens is 248 g/mol. The molecule has 2 saturated heterocycles. The molecule has 4 heteroatoms. The lowest BCUT2D eigenvalue weighted by Crippen LogP contribution is -2.48. The van der Waals surface area contributed by atoms with Crippen LogP contribution in [0.3, 0.4) is 0 Å². The van der Waals surface area contributed by atoms with E-state index in [1.165, 1.54) is 57.8 Å². The maximum absolute atomic E-state index is 5.87. The van der Waals surface area contributed by atoms with E-state index in [-0.39, 0.29) is 0 Å². The molecule has 0 spiro atoms. The van der Waals surface area contributed by atoms with E-state index < -0.39 is 0 Å². The second kappa shape index (κ2) is 6.46. The van der Waals surface area contributed by atoms with Gasteiger partial charge in [0.25, 0.3) is 0 Å². The first kappa shape index (κ1) is 13.7. The van der Waals surface area contributed by atoms with Gasteiger partial charge in [-0.15, -0.1) is 0 Å². The monoisotopic (exact) mass is 274 g/mol. The Labute approximate surface area is 122 Å². The highest BCUT2D eigenvalue weighted by molar-refractivity contribution is 5.56. The van der Waals surface area contributed by atoms with Crippen LogP contribution in [0.15, 0.2) is 24.3 Å². The van der Waals surface area contributed by atoms with Crippen molar-refractivity contribution in [3.63, 3.8) is 0 Å². The first-order valence-electron chi connectivity index (χ1n) is 7.86. The molecule has 3 rings (SSSR count). The zero-order valence-corrected chi connectivity index (χ0v) is 12.3. The minimum atomic E-state index is 0.860. The van der Waals surface area contributed by atoms with Crippen molar-refractivity contribution in [2.75, 3.05) is 63.0 Å². The van der Waals surface area contributed by atoms with Crippen molar-refractivity contribution in [3.8, 4) is 0 Å². The Balaban J connectivity index is 1.44. The van der Waals surface area contributed by atoms with Crippen LogP contribution in [0, 0.1) is 0 Å². The molecule has 0 radical (unpaired) electrons. The van der Waals surface area contributed by atoms with Crippen molar-refractivity contribution in [1.29, 1.82) is 0 Å². The van der Waals surface area contributed by atoms with E-state index in [4.69, 9.17) is 5.73 Å². The van der Waals surface area contributed by atoms with E-state index in [1.54, 1.807) is 0 Å². The molecule has 0 bridgehead atoms. The number of likely N-dealkylation sites (tertiary alicyclic amines) is 1. The van der Waals surface area contributed by atoms with E-state index in [9.17, 15) is 0 Å². The SMILES string of the molecule is Nc1cccc(N2CCN(CCN3CCCC3)CC2)c1. The van der Waals surface area contributed by atoms with Gasteiger partial charge in [0.15, 0.2) is 0 Å². The molecule has 2 N–H and O–H groups in total. The van der Waals surface area contributed by atoms with Gasteiger partial charge in [-0.25, -0.2) is 0 Å². The number of piperazine rings is 1. The smallest absolute Gasteiger partial charge is 0.0387 e. The molecule has 0 aromatic heterocycles. The lowest BCUT2D eigenvalue weighted by atomic mass is 10.2. The highest BCUT2D eigenvalue weighted by atomic mass is 15.3. The van der Waals surface area contributed by atoms with Crippen LogP contribution in [0.2, 0.25) is 0 Å². The second-order valence-corrected chi connectivity index (χ2v) is 5.97. The van der Waals surface area contributed by atoms with Crippen LogP contribution in [0.4, 0.5) is 11.4 Å². The van der Waals surface area contributed by atoms with E-state index in [0.717, 1.165) is 18.8 Å². The van der Waals surface area contributed by atoms with Gasteiger partial charge in [-0.3, -0.25) is 4.90 Å². The standard InChI is InChI=1S/C16H26N4/c17-15-4-3-5-16(14-15)20-12-10-19(11-13-20)9-8-18-6-1-2-7-18/h3-5,14H,1-2,6-13,17H2. The molecule has 20 heavy (non-hydrogen) atoms. The number of nitrogens with two attached hydrogens (primary N) is 1. The van der Waals surface area contributed by atoms with Gasteiger partial charge in [0, 0.05) is 50.6 Å². The fourth-order valence-electron chi connectivity index (χ4n) is 3.24. The molecule has 0 aliphatic carbocycles. The van der Waals surface area contributed by atoms with Crippen molar-refractivity contribution >= 4 is 11.4 Å². The average Bonchev–Trinajstić information content (AvgIpc) is 2.99. The highest BCUT2D eigenvalue weighted by Gasteiger charge is 2.18. The summed E-state index contributed by atoms with van der Waals surface area (Å²) in [6, 6.07) is 8.25. The topological polar surface area (TPSA) is 35.7 Å². The quantitative estimate of drug-likeness (QED) is 0.844. The van der Waals surface area contributed by atoms with Crippen molar-refractivity contribution in [2.45, 2.75) is 12.8 Å². The molecule has 2 aliphatic heterocycles. The Morgan fingerprint density at radius 1 is 0.850 bits per heavy atom. The third kappa shape index (κ3) is 3.44. The maximum Gasteiger partial charge on any atom is 0.0387 e.